The summed E-state index contributed by atoms with van der Waals surface area (Å²) in [6, 6.07) is 6.29. The summed E-state index contributed by atoms with van der Waals surface area (Å²) in [5, 5.41) is 0. The van der Waals surface area contributed by atoms with Crippen molar-refractivity contribution in [3.8, 4) is 0 Å². The van der Waals surface area contributed by atoms with E-state index in [1.807, 2.05) is 30.1 Å². The molecule has 2 rings (SSSR count). The number of amides is 1. The molecular weight excluding hydrogens is 393 g/mol. The van der Waals surface area contributed by atoms with Crippen LogP contribution in [0.5, 0.6) is 0 Å². The topological polar surface area (TPSA) is 74.8 Å². The number of halogens is 1. The Morgan fingerprint density at radius 2 is 2.14 bits per heavy atom. The third-order valence-electron chi connectivity index (χ3n) is 3.69. The Kier molecular flexibility index (Phi) is 7.57. The molecule has 1 aromatic rings. The molecule has 2 N–H and O–H groups in total. The van der Waals surface area contributed by atoms with Gasteiger partial charge in [0.05, 0.1) is 0 Å². The molecule has 0 radical (unpaired) electrons. The number of nitrogens with zero attached hydrogens (tertiary/aromatic N) is 4. The van der Waals surface area contributed by atoms with E-state index in [2.05, 4.69) is 9.98 Å². The first-order valence-electron chi connectivity index (χ1n) is 7.24. The lowest BCUT2D eigenvalue weighted by Gasteiger charge is -2.18. The average molecular weight is 417 g/mol. The van der Waals surface area contributed by atoms with E-state index in [-0.39, 0.29) is 36.4 Å². The molecule has 0 unspecified atom stereocenters. The third-order valence-corrected chi connectivity index (χ3v) is 3.69. The first kappa shape index (κ1) is 18.7. The molecule has 22 heavy (non-hydrogen) atoms. The van der Waals surface area contributed by atoms with E-state index in [1.54, 1.807) is 18.1 Å². The minimum atomic E-state index is -0.0296. The van der Waals surface area contributed by atoms with Gasteiger partial charge in [-0.15, -0.1) is 24.0 Å². The van der Waals surface area contributed by atoms with Crippen LogP contribution in [-0.4, -0.2) is 59.9 Å². The number of aromatic nitrogens is 1. The number of hydrogen-bond donors (Lipinski definition) is 1. The van der Waals surface area contributed by atoms with E-state index >= 15 is 0 Å². The maximum Gasteiger partial charge on any atom is 0.244 e. The first-order chi connectivity index (χ1) is 10.1. The average Bonchev–Trinajstić information content (AvgIpc) is 3.34. The van der Waals surface area contributed by atoms with Crippen molar-refractivity contribution in [2.45, 2.75) is 25.3 Å². The maximum absolute atomic E-state index is 12.0. The van der Waals surface area contributed by atoms with Crippen LogP contribution in [-0.2, 0) is 11.2 Å². The molecular formula is C15H24IN5O. The van der Waals surface area contributed by atoms with E-state index in [9.17, 15) is 4.79 Å². The van der Waals surface area contributed by atoms with Crippen LogP contribution in [0.25, 0.3) is 0 Å². The number of pyridine rings is 1. The van der Waals surface area contributed by atoms with Gasteiger partial charge < -0.3 is 15.5 Å². The van der Waals surface area contributed by atoms with E-state index in [1.165, 1.54) is 0 Å². The van der Waals surface area contributed by atoms with Crippen LogP contribution in [0, 0.1) is 0 Å². The number of rotatable bonds is 6. The van der Waals surface area contributed by atoms with Gasteiger partial charge in [0.25, 0.3) is 0 Å². The zero-order valence-electron chi connectivity index (χ0n) is 13.1. The Hall–Kier alpha value is -1.38. The molecule has 1 aliphatic rings. The largest absolute Gasteiger partial charge is 0.370 e. The van der Waals surface area contributed by atoms with E-state index < -0.39 is 0 Å². The number of carbonyl (C=O) groups excluding carboxylic acids is 1. The van der Waals surface area contributed by atoms with Crippen molar-refractivity contribution >= 4 is 35.8 Å². The molecule has 0 spiro atoms. The molecule has 1 heterocycles. The monoisotopic (exact) mass is 417 g/mol. The second-order valence-electron chi connectivity index (χ2n) is 5.40. The minimum Gasteiger partial charge on any atom is -0.370 e. The number of aliphatic imine (C=N–C) groups is 1. The lowest BCUT2D eigenvalue weighted by Crippen LogP contribution is -2.37. The summed E-state index contributed by atoms with van der Waals surface area (Å²) < 4.78 is 0. The van der Waals surface area contributed by atoms with Crippen LogP contribution in [0.1, 0.15) is 18.5 Å². The van der Waals surface area contributed by atoms with Crippen molar-refractivity contribution in [3.05, 3.63) is 30.1 Å². The van der Waals surface area contributed by atoms with Gasteiger partial charge in [-0.25, -0.2) is 4.99 Å². The molecule has 1 saturated carbocycles. The number of carbonyl (C=O) groups is 1. The van der Waals surface area contributed by atoms with Crippen LogP contribution >= 0.6 is 24.0 Å². The molecule has 0 aromatic carbocycles. The van der Waals surface area contributed by atoms with Gasteiger partial charge in [-0.2, -0.15) is 0 Å². The molecule has 0 saturated heterocycles. The van der Waals surface area contributed by atoms with Gasteiger partial charge in [-0.05, 0) is 25.0 Å². The fourth-order valence-electron chi connectivity index (χ4n) is 1.98. The fourth-order valence-corrected chi connectivity index (χ4v) is 1.98. The van der Waals surface area contributed by atoms with Crippen LogP contribution in [0.4, 0.5) is 0 Å². The Morgan fingerprint density at radius 1 is 1.41 bits per heavy atom. The summed E-state index contributed by atoms with van der Waals surface area (Å²) >= 11 is 0. The predicted octanol–water partition coefficient (Wildman–Crippen LogP) is 1.11. The molecule has 122 valence electrons. The molecule has 1 fully saturated rings. The lowest BCUT2D eigenvalue weighted by molar-refractivity contribution is -0.128. The molecule has 0 atom stereocenters. The van der Waals surface area contributed by atoms with Crippen molar-refractivity contribution in [1.82, 2.24) is 14.8 Å². The van der Waals surface area contributed by atoms with Gasteiger partial charge in [0, 0.05) is 45.0 Å². The molecule has 1 aromatic heterocycles. The summed E-state index contributed by atoms with van der Waals surface area (Å²) in [5.41, 5.74) is 6.85. The Morgan fingerprint density at radius 3 is 2.73 bits per heavy atom. The summed E-state index contributed by atoms with van der Waals surface area (Å²) in [6.07, 6.45) is 4.81. The molecule has 0 bridgehead atoms. The molecule has 0 aliphatic heterocycles. The third kappa shape index (κ3) is 5.78. The van der Waals surface area contributed by atoms with Crippen molar-refractivity contribution in [2.75, 3.05) is 27.2 Å². The highest BCUT2D eigenvalue weighted by molar-refractivity contribution is 14.0. The SMILES string of the molecule is CN(CCc1ccccn1)C(=O)CN=C(N)N(C)C1CC1.I. The standard InChI is InChI=1S/C15H23N5O.HI/c1-19(10-8-12-5-3-4-9-17-12)14(21)11-18-15(16)20(2)13-6-7-13;/h3-5,9,13H,6-8,10-11H2,1-2H3,(H2,16,18);1H. The maximum atomic E-state index is 12.0. The predicted molar refractivity (Wildman–Crippen MR) is 98.3 cm³/mol. The van der Waals surface area contributed by atoms with Crippen LogP contribution in [0.15, 0.2) is 29.4 Å². The van der Waals surface area contributed by atoms with Gasteiger partial charge in [0.1, 0.15) is 6.54 Å². The van der Waals surface area contributed by atoms with Gasteiger partial charge in [-0.1, -0.05) is 6.07 Å². The number of hydrogen-bond acceptors (Lipinski definition) is 3. The van der Waals surface area contributed by atoms with Crippen LogP contribution in [0.2, 0.25) is 0 Å². The van der Waals surface area contributed by atoms with Crippen molar-refractivity contribution in [1.29, 1.82) is 0 Å². The lowest BCUT2D eigenvalue weighted by atomic mass is 10.2. The number of nitrogens with two attached hydrogens (primary N) is 1. The number of guanidine groups is 1. The molecule has 1 amide bonds. The van der Waals surface area contributed by atoms with E-state index in [0.29, 0.717) is 18.5 Å². The highest BCUT2D eigenvalue weighted by Gasteiger charge is 2.27. The van der Waals surface area contributed by atoms with Crippen molar-refractivity contribution in [2.24, 2.45) is 10.7 Å². The molecule has 7 heteroatoms. The Balaban J connectivity index is 0.00000242. The second kappa shape index (κ2) is 8.92. The van der Waals surface area contributed by atoms with E-state index in [4.69, 9.17) is 5.73 Å². The van der Waals surface area contributed by atoms with Gasteiger partial charge in [0.15, 0.2) is 5.96 Å². The summed E-state index contributed by atoms with van der Waals surface area (Å²) in [6.45, 7) is 0.728. The second-order valence-corrected chi connectivity index (χ2v) is 5.40. The Bertz CT molecular complexity index is 504. The summed E-state index contributed by atoms with van der Waals surface area (Å²) in [5.74, 6) is 0.419. The zero-order chi connectivity index (χ0) is 15.2. The quantitative estimate of drug-likeness (QED) is 0.428. The first-order valence-corrected chi connectivity index (χ1v) is 7.24. The molecule has 1 aliphatic carbocycles. The summed E-state index contributed by atoms with van der Waals surface area (Å²) in [4.78, 5) is 24.0. The van der Waals surface area contributed by atoms with Gasteiger partial charge >= 0.3 is 0 Å². The summed E-state index contributed by atoms with van der Waals surface area (Å²) in [7, 11) is 3.70. The zero-order valence-corrected chi connectivity index (χ0v) is 15.4. The smallest absolute Gasteiger partial charge is 0.244 e. The van der Waals surface area contributed by atoms with Crippen molar-refractivity contribution < 1.29 is 4.79 Å². The highest BCUT2D eigenvalue weighted by Crippen LogP contribution is 2.24. The van der Waals surface area contributed by atoms with Crippen molar-refractivity contribution in [3.63, 3.8) is 0 Å². The van der Waals surface area contributed by atoms with Crippen LogP contribution < -0.4 is 5.73 Å². The van der Waals surface area contributed by atoms with Gasteiger partial charge in [0.2, 0.25) is 5.91 Å². The van der Waals surface area contributed by atoms with E-state index in [0.717, 1.165) is 25.0 Å². The normalized spacial score (nSPS) is 14.2. The number of likely N-dealkylation sites (N-methyl/N-ethyl adjacent to an activating group) is 1. The Labute approximate surface area is 148 Å². The molecule has 6 nitrogen and oxygen atoms in total. The van der Waals surface area contributed by atoms with Crippen LogP contribution in [0.3, 0.4) is 0 Å². The minimum absolute atomic E-state index is 0. The van der Waals surface area contributed by atoms with Gasteiger partial charge in [-0.3, -0.25) is 9.78 Å². The fraction of sp³-hybridized carbons (Fsp3) is 0.533. The highest BCUT2D eigenvalue weighted by atomic mass is 127.